The molecule has 0 unspecified atom stereocenters. The van der Waals surface area contributed by atoms with Crippen molar-refractivity contribution in [2.24, 2.45) is 5.92 Å². The van der Waals surface area contributed by atoms with Crippen LogP contribution in [0.5, 0.6) is 0 Å². The lowest BCUT2D eigenvalue weighted by Gasteiger charge is -2.41. The molecule has 0 saturated carbocycles. The van der Waals surface area contributed by atoms with E-state index >= 15 is 0 Å². The number of nitrogens with zero attached hydrogens (tertiary/aromatic N) is 1. The third kappa shape index (κ3) is 5.62. The van der Waals surface area contributed by atoms with E-state index in [0.29, 0.717) is 24.9 Å². The summed E-state index contributed by atoms with van der Waals surface area (Å²) in [5.41, 5.74) is -0.940. The van der Waals surface area contributed by atoms with Crippen LogP contribution in [0, 0.1) is 5.92 Å². The number of likely N-dealkylation sites (tertiary alicyclic amines) is 1. The van der Waals surface area contributed by atoms with Gasteiger partial charge in [0.25, 0.3) is 0 Å². The first-order chi connectivity index (χ1) is 12.9. The number of methoxy groups -OCH3 is 1. The molecule has 0 spiro atoms. The van der Waals surface area contributed by atoms with Gasteiger partial charge in [0, 0.05) is 6.54 Å². The third-order valence-electron chi connectivity index (χ3n) is 4.62. The highest BCUT2D eigenvalue weighted by molar-refractivity contribution is 5.71. The fourth-order valence-electron chi connectivity index (χ4n) is 3.43. The van der Waals surface area contributed by atoms with Gasteiger partial charge in [-0.3, -0.25) is 4.79 Å². The Kier molecular flexibility index (Phi) is 6.62. The smallest absolute Gasteiger partial charge is 0.416 e. The number of ether oxygens (including phenoxy) is 2. The minimum absolute atomic E-state index is 0.0709. The third-order valence-corrected chi connectivity index (χ3v) is 4.62. The van der Waals surface area contributed by atoms with Crippen molar-refractivity contribution in [3.63, 3.8) is 0 Å². The van der Waals surface area contributed by atoms with Crippen LogP contribution in [0.1, 0.15) is 57.2 Å². The lowest BCUT2D eigenvalue weighted by molar-refractivity contribution is -0.142. The second kappa shape index (κ2) is 8.41. The number of halogens is 3. The molecule has 0 radical (unpaired) electrons. The number of alkyl halides is 3. The van der Waals surface area contributed by atoms with Crippen molar-refractivity contribution < 1.29 is 32.2 Å². The van der Waals surface area contributed by atoms with Gasteiger partial charge in [-0.1, -0.05) is 12.1 Å². The highest BCUT2D eigenvalue weighted by Crippen LogP contribution is 2.40. The van der Waals surface area contributed by atoms with Gasteiger partial charge >= 0.3 is 18.2 Å². The van der Waals surface area contributed by atoms with Crippen molar-refractivity contribution in [3.05, 3.63) is 35.4 Å². The standard InChI is InChI=1S/C20H26F3NO4/c1-19(2,3)28-18(26)24-11-5-6-14(12-16(25)27-4)17(24)13-7-9-15(10-8-13)20(21,22)23/h7-10,14,17H,5-6,11-12H2,1-4H3/t14-,17-/m1/s1. The SMILES string of the molecule is COC(=O)C[C@H]1CCCN(C(=O)OC(C)(C)C)[C@@H]1c1ccc(C(F)(F)F)cc1. The Hall–Kier alpha value is -2.25. The number of benzene rings is 1. The number of hydrogen-bond donors (Lipinski definition) is 0. The molecule has 1 aliphatic heterocycles. The molecule has 1 aromatic rings. The number of rotatable bonds is 3. The summed E-state index contributed by atoms with van der Waals surface area (Å²) < 4.78 is 48.9. The molecule has 0 aromatic heterocycles. The molecule has 28 heavy (non-hydrogen) atoms. The van der Waals surface area contributed by atoms with Crippen LogP contribution >= 0.6 is 0 Å². The summed E-state index contributed by atoms with van der Waals surface area (Å²) in [6.07, 6.45) is -3.60. The van der Waals surface area contributed by atoms with E-state index in [-0.39, 0.29) is 12.3 Å². The van der Waals surface area contributed by atoms with E-state index in [4.69, 9.17) is 9.47 Å². The van der Waals surface area contributed by atoms with Crippen LogP contribution in [0.25, 0.3) is 0 Å². The molecular weight excluding hydrogens is 375 g/mol. The average Bonchev–Trinajstić information content (AvgIpc) is 2.59. The van der Waals surface area contributed by atoms with Crippen LogP contribution in [0.2, 0.25) is 0 Å². The Morgan fingerprint density at radius 1 is 1.14 bits per heavy atom. The Bertz CT molecular complexity index is 695. The van der Waals surface area contributed by atoms with Gasteiger partial charge in [0.15, 0.2) is 0 Å². The van der Waals surface area contributed by atoms with E-state index in [9.17, 15) is 22.8 Å². The molecule has 2 rings (SSSR count). The maximum Gasteiger partial charge on any atom is 0.416 e. The first kappa shape index (κ1) is 22.0. The summed E-state index contributed by atoms with van der Waals surface area (Å²) in [5.74, 6) is -0.696. The highest BCUT2D eigenvalue weighted by Gasteiger charge is 2.39. The highest BCUT2D eigenvalue weighted by atomic mass is 19.4. The average molecular weight is 401 g/mol. The Morgan fingerprint density at radius 3 is 2.25 bits per heavy atom. The van der Waals surface area contributed by atoms with Gasteiger partial charge in [0.1, 0.15) is 5.60 Å². The topological polar surface area (TPSA) is 55.8 Å². The number of carbonyl (C=O) groups is 2. The van der Waals surface area contributed by atoms with E-state index in [1.54, 1.807) is 20.8 Å². The zero-order valence-corrected chi connectivity index (χ0v) is 16.5. The number of carbonyl (C=O) groups excluding carboxylic acids is 2. The Morgan fingerprint density at radius 2 is 1.75 bits per heavy atom. The fourth-order valence-corrected chi connectivity index (χ4v) is 3.43. The van der Waals surface area contributed by atoms with Gasteiger partial charge in [-0.2, -0.15) is 13.2 Å². The number of piperidine rings is 1. The number of esters is 1. The molecule has 5 nitrogen and oxygen atoms in total. The molecule has 156 valence electrons. The summed E-state index contributed by atoms with van der Waals surface area (Å²) in [7, 11) is 1.28. The Labute approximate surface area is 162 Å². The molecule has 1 fully saturated rings. The van der Waals surface area contributed by atoms with Crippen LogP contribution in [0.15, 0.2) is 24.3 Å². The van der Waals surface area contributed by atoms with Gasteiger partial charge in [0.2, 0.25) is 0 Å². The molecule has 1 saturated heterocycles. The number of amides is 1. The summed E-state index contributed by atoms with van der Waals surface area (Å²) in [6, 6.07) is 4.14. The molecule has 1 aliphatic rings. The predicted molar refractivity (Wildman–Crippen MR) is 96.5 cm³/mol. The molecule has 1 aromatic carbocycles. The molecule has 1 amide bonds. The van der Waals surface area contributed by atoms with E-state index in [1.807, 2.05) is 0 Å². The van der Waals surface area contributed by atoms with Crippen molar-refractivity contribution in [2.75, 3.05) is 13.7 Å². The van der Waals surface area contributed by atoms with Crippen LogP contribution in [0.4, 0.5) is 18.0 Å². The van der Waals surface area contributed by atoms with Crippen molar-refractivity contribution in [2.45, 2.75) is 57.9 Å². The molecular formula is C20H26F3NO4. The maximum absolute atomic E-state index is 12.9. The largest absolute Gasteiger partial charge is 0.469 e. The lowest BCUT2D eigenvalue weighted by Crippen LogP contribution is -2.45. The van der Waals surface area contributed by atoms with Crippen LogP contribution in [0.3, 0.4) is 0 Å². The molecule has 0 bridgehead atoms. The molecule has 0 aliphatic carbocycles. The normalized spacial score (nSPS) is 20.6. The van der Waals surface area contributed by atoms with Crippen molar-refractivity contribution >= 4 is 12.1 Å². The van der Waals surface area contributed by atoms with E-state index < -0.39 is 35.4 Å². The second-order valence-electron chi connectivity index (χ2n) is 7.92. The van der Waals surface area contributed by atoms with E-state index in [2.05, 4.69) is 0 Å². The summed E-state index contributed by atoms with van der Waals surface area (Å²) in [6.45, 7) is 5.63. The fraction of sp³-hybridized carbons (Fsp3) is 0.600. The summed E-state index contributed by atoms with van der Waals surface area (Å²) in [5, 5.41) is 0. The van der Waals surface area contributed by atoms with Gasteiger partial charge in [-0.15, -0.1) is 0 Å². The van der Waals surface area contributed by atoms with Crippen LogP contribution in [-0.4, -0.2) is 36.2 Å². The van der Waals surface area contributed by atoms with Gasteiger partial charge in [0.05, 0.1) is 25.1 Å². The quantitative estimate of drug-likeness (QED) is 0.672. The summed E-state index contributed by atoms with van der Waals surface area (Å²) in [4.78, 5) is 26.1. The zero-order valence-electron chi connectivity index (χ0n) is 16.5. The molecule has 2 atom stereocenters. The second-order valence-corrected chi connectivity index (χ2v) is 7.92. The minimum atomic E-state index is -4.44. The molecule has 1 heterocycles. The first-order valence-corrected chi connectivity index (χ1v) is 9.16. The Balaban J connectivity index is 2.38. The minimum Gasteiger partial charge on any atom is -0.469 e. The van der Waals surface area contributed by atoms with Crippen LogP contribution < -0.4 is 0 Å². The number of hydrogen-bond acceptors (Lipinski definition) is 4. The van der Waals surface area contributed by atoms with Crippen molar-refractivity contribution in [1.82, 2.24) is 4.90 Å². The van der Waals surface area contributed by atoms with Crippen LogP contribution in [-0.2, 0) is 20.4 Å². The first-order valence-electron chi connectivity index (χ1n) is 9.16. The molecule has 0 N–H and O–H groups in total. The predicted octanol–water partition coefficient (Wildman–Crippen LogP) is 4.96. The van der Waals surface area contributed by atoms with E-state index in [0.717, 1.165) is 12.1 Å². The van der Waals surface area contributed by atoms with Gasteiger partial charge in [-0.05, 0) is 57.2 Å². The van der Waals surface area contributed by atoms with Crippen molar-refractivity contribution in [1.29, 1.82) is 0 Å². The van der Waals surface area contributed by atoms with E-state index in [1.165, 1.54) is 24.1 Å². The zero-order chi connectivity index (χ0) is 21.1. The lowest BCUT2D eigenvalue weighted by atomic mass is 9.82. The monoisotopic (exact) mass is 401 g/mol. The van der Waals surface area contributed by atoms with Crippen molar-refractivity contribution in [3.8, 4) is 0 Å². The maximum atomic E-state index is 12.9. The van der Waals surface area contributed by atoms with Gasteiger partial charge < -0.3 is 14.4 Å². The summed E-state index contributed by atoms with van der Waals surface area (Å²) >= 11 is 0. The molecule has 8 heteroatoms. The van der Waals surface area contributed by atoms with Gasteiger partial charge in [-0.25, -0.2) is 4.79 Å².